The van der Waals surface area contributed by atoms with Crippen LogP contribution in [0.1, 0.15) is 24.8 Å². The Kier molecular flexibility index (Phi) is 1.68. The van der Waals surface area contributed by atoms with Crippen LogP contribution < -0.4 is 11.1 Å². The molecule has 0 saturated carbocycles. The van der Waals surface area contributed by atoms with Crippen LogP contribution in [0.3, 0.4) is 0 Å². The highest BCUT2D eigenvalue weighted by molar-refractivity contribution is 5.73. The highest BCUT2D eigenvalue weighted by Gasteiger charge is 2.21. The van der Waals surface area contributed by atoms with Crippen molar-refractivity contribution in [3.05, 3.63) is 23.8 Å². The fraction of sp³-hybridized carbons (Fsp3) is 0.400. The smallest absolute Gasteiger partial charge is 0.0610 e. The predicted molar refractivity (Wildman–Crippen MR) is 52.4 cm³/mol. The Balaban J connectivity index is 2.46. The summed E-state index contributed by atoms with van der Waals surface area (Å²) < 4.78 is 0. The van der Waals surface area contributed by atoms with Crippen LogP contribution in [0.4, 0.5) is 11.4 Å². The van der Waals surface area contributed by atoms with E-state index in [0.717, 1.165) is 17.9 Å². The summed E-state index contributed by atoms with van der Waals surface area (Å²) in [7, 11) is 0. The van der Waals surface area contributed by atoms with Gasteiger partial charge >= 0.3 is 0 Å². The standard InChI is InChI=1S/C10H14N2/c1-2-7-6-12-10-8(7)4-3-5-9(10)11/h3-5,7,12H,2,6,11H2,1H3. The summed E-state index contributed by atoms with van der Waals surface area (Å²) >= 11 is 0. The predicted octanol–water partition coefficient (Wildman–Crippen LogP) is 2.19. The molecule has 1 heterocycles. The minimum Gasteiger partial charge on any atom is -0.397 e. The van der Waals surface area contributed by atoms with E-state index in [1.165, 1.54) is 12.0 Å². The molecular weight excluding hydrogens is 148 g/mol. The fourth-order valence-corrected chi connectivity index (χ4v) is 1.83. The third-order valence-electron chi connectivity index (χ3n) is 2.59. The molecule has 0 amide bonds. The summed E-state index contributed by atoms with van der Waals surface area (Å²) in [4.78, 5) is 0. The Hall–Kier alpha value is -1.18. The number of para-hydroxylation sites is 1. The van der Waals surface area contributed by atoms with Crippen molar-refractivity contribution >= 4 is 11.4 Å². The maximum Gasteiger partial charge on any atom is 0.0610 e. The molecule has 2 rings (SSSR count). The van der Waals surface area contributed by atoms with E-state index in [-0.39, 0.29) is 0 Å². The number of nitrogen functional groups attached to an aromatic ring is 1. The summed E-state index contributed by atoms with van der Waals surface area (Å²) in [6, 6.07) is 6.15. The van der Waals surface area contributed by atoms with Crippen LogP contribution in [0, 0.1) is 0 Å². The molecule has 0 aromatic heterocycles. The molecule has 0 bridgehead atoms. The van der Waals surface area contributed by atoms with Crippen LogP contribution in [-0.4, -0.2) is 6.54 Å². The van der Waals surface area contributed by atoms with Crippen molar-refractivity contribution in [1.82, 2.24) is 0 Å². The lowest BCUT2D eigenvalue weighted by atomic mass is 9.98. The van der Waals surface area contributed by atoms with Gasteiger partial charge < -0.3 is 11.1 Å². The normalized spacial score (nSPS) is 20.2. The van der Waals surface area contributed by atoms with Crippen LogP contribution in [-0.2, 0) is 0 Å². The molecule has 1 unspecified atom stereocenters. The van der Waals surface area contributed by atoms with Gasteiger partial charge in [-0.15, -0.1) is 0 Å². The average molecular weight is 162 g/mol. The van der Waals surface area contributed by atoms with E-state index < -0.39 is 0 Å². The van der Waals surface area contributed by atoms with Gasteiger partial charge in [-0.05, 0) is 18.1 Å². The third kappa shape index (κ3) is 0.951. The largest absolute Gasteiger partial charge is 0.397 e. The fourth-order valence-electron chi connectivity index (χ4n) is 1.83. The van der Waals surface area contributed by atoms with Crippen LogP contribution in [0.15, 0.2) is 18.2 Å². The zero-order chi connectivity index (χ0) is 8.55. The van der Waals surface area contributed by atoms with Gasteiger partial charge in [0.25, 0.3) is 0 Å². The molecule has 0 spiro atoms. The lowest BCUT2D eigenvalue weighted by Gasteiger charge is -2.06. The van der Waals surface area contributed by atoms with Gasteiger partial charge in [-0.3, -0.25) is 0 Å². The van der Waals surface area contributed by atoms with Gasteiger partial charge in [0.1, 0.15) is 0 Å². The first-order valence-corrected chi connectivity index (χ1v) is 4.45. The molecule has 0 aliphatic carbocycles. The van der Waals surface area contributed by atoms with Gasteiger partial charge in [-0.2, -0.15) is 0 Å². The molecule has 2 nitrogen and oxygen atoms in total. The van der Waals surface area contributed by atoms with E-state index in [2.05, 4.69) is 18.3 Å². The van der Waals surface area contributed by atoms with Crippen molar-refractivity contribution in [3.63, 3.8) is 0 Å². The zero-order valence-corrected chi connectivity index (χ0v) is 7.30. The van der Waals surface area contributed by atoms with Crippen molar-refractivity contribution in [3.8, 4) is 0 Å². The summed E-state index contributed by atoms with van der Waals surface area (Å²) in [5.41, 5.74) is 9.25. The maximum absolute atomic E-state index is 5.83. The number of benzene rings is 1. The first kappa shape index (κ1) is 7.47. The summed E-state index contributed by atoms with van der Waals surface area (Å²) in [6.45, 7) is 3.25. The molecule has 1 aromatic rings. The number of hydrogen-bond donors (Lipinski definition) is 2. The molecule has 12 heavy (non-hydrogen) atoms. The second-order valence-electron chi connectivity index (χ2n) is 3.30. The highest BCUT2D eigenvalue weighted by atomic mass is 14.9. The molecular formula is C10H14N2. The molecule has 2 heteroatoms. The number of nitrogens with one attached hydrogen (secondary N) is 1. The molecule has 1 aliphatic rings. The number of rotatable bonds is 1. The van der Waals surface area contributed by atoms with Crippen molar-refractivity contribution in [2.24, 2.45) is 0 Å². The number of hydrogen-bond acceptors (Lipinski definition) is 2. The van der Waals surface area contributed by atoms with Crippen LogP contribution in [0.5, 0.6) is 0 Å². The second-order valence-corrected chi connectivity index (χ2v) is 3.30. The van der Waals surface area contributed by atoms with Crippen molar-refractivity contribution in [2.45, 2.75) is 19.3 Å². The van der Waals surface area contributed by atoms with Gasteiger partial charge in [0.05, 0.1) is 11.4 Å². The van der Waals surface area contributed by atoms with Crippen molar-refractivity contribution in [2.75, 3.05) is 17.6 Å². The third-order valence-corrected chi connectivity index (χ3v) is 2.59. The second kappa shape index (κ2) is 2.70. The van der Waals surface area contributed by atoms with E-state index in [4.69, 9.17) is 5.73 Å². The quantitative estimate of drug-likeness (QED) is 0.621. The lowest BCUT2D eigenvalue weighted by molar-refractivity contribution is 0.727. The summed E-state index contributed by atoms with van der Waals surface area (Å²) in [5.74, 6) is 0.656. The number of nitrogens with two attached hydrogens (primary N) is 1. The average Bonchev–Trinajstić information content (AvgIpc) is 2.49. The first-order chi connectivity index (χ1) is 5.83. The minimum absolute atomic E-state index is 0.656. The Morgan fingerprint density at radius 1 is 1.58 bits per heavy atom. The number of anilines is 2. The van der Waals surface area contributed by atoms with Crippen LogP contribution in [0.25, 0.3) is 0 Å². The molecule has 0 radical (unpaired) electrons. The Morgan fingerprint density at radius 2 is 2.42 bits per heavy atom. The van der Waals surface area contributed by atoms with E-state index >= 15 is 0 Å². The Labute approximate surface area is 72.8 Å². The van der Waals surface area contributed by atoms with E-state index in [0.29, 0.717) is 5.92 Å². The van der Waals surface area contributed by atoms with E-state index in [1.54, 1.807) is 0 Å². The zero-order valence-electron chi connectivity index (χ0n) is 7.30. The minimum atomic E-state index is 0.656. The molecule has 3 N–H and O–H groups in total. The Bertz CT molecular complexity index is 294. The van der Waals surface area contributed by atoms with Gasteiger partial charge in [-0.25, -0.2) is 0 Å². The van der Waals surface area contributed by atoms with E-state index in [9.17, 15) is 0 Å². The van der Waals surface area contributed by atoms with Crippen molar-refractivity contribution < 1.29 is 0 Å². The Morgan fingerprint density at radius 3 is 3.17 bits per heavy atom. The van der Waals surface area contributed by atoms with Gasteiger partial charge in [0.15, 0.2) is 0 Å². The van der Waals surface area contributed by atoms with Gasteiger partial charge in [0, 0.05) is 12.5 Å². The molecule has 1 aromatic carbocycles. The molecule has 0 saturated heterocycles. The topological polar surface area (TPSA) is 38.0 Å². The molecule has 1 atom stereocenters. The maximum atomic E-state index is 5.83. The lowest BCUT2D eigenvalue weighted by Crippen LogP contribution is -1.99. The van der Waals surface area contributed by atoms with E-state index in [1.807, 2.05) is 12.1 Å². The SMILES string of the molecule is CCC1CNc2c(N)cccc21. The highest BCUT2D eigenvalue weighted by Crippen LogP contribution is 2.36. The van der Waals surface area contributed by atoms with Crippen LogP contribution in [0.2, 0.25) is 0 Å². The van der Waals surface area contributed by atoms with Crippen molar-refractivity contribution in [1.29, 1.82) is 0 Å². The molecule has 64 valence electrons. The van der Waals surface area contributed by atoms with Gasteiger partial charge in [-0.1, -0.05) is 19.1 Å². The summed E-state index contributed by atoms with van der Waals surface area (Å²) in [5, 5.41) is 3.34. The number of fused-ring (bicyclic) bond motifs is 1. The monoisotopic (exact) mass is 162 g/mol. The first-order valence-electron chi connectivity index (χ1n) is 4.45. The molecule has 1 aliphatic heterocycles. The molecule has 0 fully saturated rings. The summed E-state index contributed by atoms with van der Waals surface area (Å²) in [6.07, 6.45) is 1.18. The van der Waals surface area contributed by atoms with Gasteiger partial charge in [0.2, 0.25) is 0 Å². The van der Waals surface area contributed by atoms with Crippen LogP contribution >= 0.6 is 0 Å².